The van der Waals surface area contributed by atoms with Crippen molar-refractivity contribution in [2.75, 3.05) is 24.7 Å². The maximum absolute atomic E-state index is 12.9. The number of rotatable bonds is 3. The number of hydrogen-bond acceptors (Lipinski definition) is 2. The van der Waals surface area contributed by atoms with Gasteiger partial charge in [0, 0.05) is 24.6 Å². The molecule has 0 radical (unpaired) electrons. The third-order valence-corrected chi connectivity index (χ3v) is 5.56. The molecular weight excluding hydrogens is 276 g/mol. The van der Waals surface area contributed by atoms with Crippen LogP contribution < -0.4 is 10.2 Å². The van der Waals surface area contributed by atoms with E-state index in [1.165, 1.54) is 11.1 Å². The molecule has 4 heteroatoms. The van der Waals surface area contributed by atoms with E-state index in [4.69, 9.17) is 4.74 Å². The smallest absolute Gasteiger partial charge is 0.322 e. The molecule has 1 unspecified atom stereocenters. The van der Waals surface area contributed by atoms with Crippen LogP contribution >= 0.6 is 0 Å². The summed E-state index contributed by atoms with van der Waals surface area (Å²) in [4.78, 5) is 14.8. The molecule has 1 atom stereocenters. The number of nitrogens with zero attached hydrogens (tertiary/aromatic N) is 1. The van der Waals surface area contributed by atoms with Crippen LogP contribution in [0.1, 0.15) is 37.3 Å². The van der Waals surface area contributed by atoms with Gasteiger partial charge >= 0.3 is 6.03 Å². The third-order valence-electron chi connectivity index (χ3n) is 5.56. The van der Waals surface area contributed by atoms with E-state index in [-0.39, 0.29) is 11.6 Å². The lowest BCUT2D eigenvalue weighted by Crippen LogP contribution is -2.49. The van der Waals surface area contributed by atoms with Gasteiger partial charge in [0.15, 0.2) is 0 Å². The summed E-state index contributed by atoms with van der Waals surface area (Å²) in [5.74, 6) is 0.500. The third kappa shape index (κ3) is 2.21. The van der Waals surface area contributed by atoms with Crippen molar-refractivity contribution in [2.45, 2.75) is 44.6 Å². The maximum atomic E-state index is 12.9. The van der Waals surface area contributed by atoms with Crippen LogP contribution in [-0.4, -0.2) is 31.3 Å². The molecule has 0 bridgehead atoms. The summed E-state index contributed by atoms with van der Waals surface area (Å²) in [7, 11) is 0. The predicted octanol–water partition coefficient (Wildman–Crippen LogP) is 2.89. The molecule has 1 aromatic rings. The SMILES string of the molecule is CCc1cccc2c1N(C(=O)NC1(C3CCOC3)CC1)CC2. The summed E-state index contributed by atoms with van der Waals surface area (Å²) in [5, 5.41) is 3.35. The molecule has 2 aliphatic heterocycles. The number of urea groups is 1. The predicted molar refractivity (Wildman–Crippen MR) is 86.3 cm³/mol. The molecular formula is C18H24N2O2. The average Bonchev–Trinajstić information content (AvgIpc) is 2.98. The van der Waals surface area contributed by atoms with E-state index in [1.54, 1.807) is 0 Å². The van der Waals surface area contributed by atoms with Crippen molar-refractivity contribution in [3.05, 3.63) is 29.3 Å². The van der Waals surface area contributed by atoms with Gasteiger partial charge in [-0.2, -0.15) is 0 Å². The van der Waals surface area contributed by atoms with Gasteiger partial charge in [-0.25, -0.2) is 4.79 Å². The number of anilines is 1. The van der Waals surface area contributed by atoms with Crippen LogP contribution in [0.2, 0.25) is 0 Å². The Morgan fingerprint density at radius 1 is 1.45 bits per heavy atom. The van der Waals surface area contributed by atoms with E-state index in [2.05, 4.69) is 30.4 Å². The van der Waals surface area contributed by atoms with E-state index >= 15 is 0 Å². The molecule has 3 aliphatic rings. The van der Waals surface area contributed by atoms with E-state index in [1.807, 2.05) is 4.90 Å². The van der Waals surface area contributed by atoms with E-state index < -0.39 is 0 Å². The molecule has 118 valence electrons. The van der Waals surface area contributed by atoms with Crippen LogP contribution in [0.15, 0.2) is 18.2 Å². The molecule has 1 N–H and O–H groups in total. The van der Waals surface area contributed by atoms with Crippen LogP contribution in [0.25, 0.3) is 0 Å². The van der Waals surface area contributed by atoms with Crippen LogP contribution in [0.4, 0.5) is 10.5 Å². The summed E-state index contributed by atoms with van der Waals surface area (Å²) in [5.41, 5.74) is 3.75. The number of nitrogens with one attached hydrogen (secondary N) is 1. The van der Waals surface area contributed by atoms with Crippen LogP contribution in [0.3, 0.4) is 0 Å². The van der Waals surface area contributed by atoms with Crippen molar-refractivity contribution in [1.29, 1.82) is 0 Å². The van der Waals surface area contributed by atoms with Gasteiger partial charge in [-0.15, -0.1) is 0 Å². The highest BCUT2D eigenvalue weighted by Crippen LogP contribution is 2.46. The van der Waals surface area contributed by atoms with Gasteiger partial charge in [-0.05, 0) is 43.2 Å². The standard InChI is InChI=1S/C18H24N2O2/c1-2-13-4-3-5-14-6-10-20(16(13)14)17(21)19-18(8-9-18)15-7-11-22-12-15/h3-5,15H,2,6-12H2,1H3,(H,19,21). The minimum Gasteiger partial charge on any atom is -0.381 e. The summed E-state index contributed by atoms with van der Waals surface area (Å²) in [6, 6.07) is 6.49. The Hall–Kier alpha value is -1.55. The Bertz CT molecular complexity index is 589. The van der Waals surface area contributed by atoms with Crippen LogP contribution in [0, 0.1) is 5.92 Å². The van der Waals surface area contributed by atoms with Gasteiger partial charge in [0.25, 0.3) is 0 Å². The number of para-hydroxylation sites is 1. The molecule has 4 nitrogen and oxygen atoms in total. The molecule has 1 aliphatic carbocycles. The second kappa shape index (κ2) is 5.27. The molecule has 2 fully saturated rings. The highest BCUT2D eigenvalue weighted by Gasteiger charge is 2.52. The van der Waals surface area contributed by atoms with Crippen molar-refractivity contribution >= 4 is 11.7 Å². The van der Waals surface area contributed by atoms with Gasteiger partial charge in [-0.1, -0.05) is 25.1 Å². The minimum absolute atomic E-state index is 0.0114. The zero-order valence-corrected chi connectivity index (χ0v) is 13.2. The normalized spacial score (nSPS) is 25.1. The first kappa shape index (κ1) is 14.1. The number of benzene rings is 1. The van der Waals surface area contributed by atoms with E-state index in [0.717, 1.165) is 57.6 Å². The summed E-state index contributed by atoms with van der Waals surface area (Å²) >= 11 is 0. The number of carbonyl (C=O) groups is 1. The number of ether oxygens (including phenoxy) is 1. The van der Waals surface area contributed by atoms with Crippen molar-refractivity contribution in [2.24, 2.45) is 5.92 Å². The van der Waals surface area contributed by atoms with Gasteiger partial charge in [0.05, 0.1) is 12.3 Å². The highest BCUT2D eigenvalue weighted by molar-refractivity contribution is 5.95. The Morgan fingerprint density at radius 3 is 3.00 bits per heavy atom. The Morgan fingerprint density at radius 2 is 2.32 bits per heavy atom. The van der Waals surface area contributed by atoms with Gasteiger partial charge in [-0.3, -0.25) is 4.90 Å². The molecule has 2 heterocycles. The monoisotopic (exact) mass is 300 g/mol. The van der Waals surface area contributed by atoms with Crippen molar-refractivity contribution in [3.63, 3.8) is 0 Å². The fourth-order valence-electron chi connectivity index (χ4n) is 4.05. The number of amides is 2. The topological polar surface area (TPSA) is 41.6 Å². The Labute approximate surface area is 131 Å². The zero-order chi connectivity index (χ0) is 15.2. The molecule has 0 aromatic heterocycles. The highest BCUT2D eigenvalue weighted by atomic mass is 16.5. The first-order valence-electron chi connectivity index (χ1n) is 8.52. The van der Waals surface area contributed by atoms with Crippen molar-refractivity contribution in [1.82, 2.24) is 5.32 Å². The fourth-order valence-corrected chi connectivity index (χ4v) is 4.05. The molecule has 1 aromatic carbocycles. The number of fused-ring (bicyclic) bond motifs is 1. The lowest BCUT2D eigenvalue weighted by molar-refractivity contribution is 0.173. The van der Waals surface area contributed by atoms with E-state index in [0.29, 0.717) is 5.92 Å². The first-order chi connectivity index (χ1) is 10.7. The second-order valence-corrected chi connectivity index (χ2v) is 6.83. The van der Waals surface area contributed by atoms with Crippen LogP contribution in [0.5, 0.6) is 0 Å². The van der Waals surface area contributed by atoms with Crippen LogP contribution in [-0.2, 0) is 17.6 Å². The molecule has 0 spiro atoms. The fraction of sp³-hybridized carbons (Fsp3) is 0.611. The molecule has 4 rings (SSSR count). The Balaban J connectivity index is 1.54. The lowest BCUT2D eigenvalue weighted by atomic mass is 9.96. The minimum atomic E-state index is 0.0114. The number of carbonyl (C=O) groups excluding carboxylic acids is 1. The van der Waals surface area contributed by atoms with Gasteiger partial charge in [0.2, 0.25) is 0 Å². The Kier molecular flexibility index (Phi) is 3.37. The summed E-state index contributed by atoms with van der Waals surface area (Å²) in [6.45, 7) is 4.60. The summed E-state index contributed by atoms with van der Waals surface area (Å²) < 4.78 is 5.52. The molecule has 22 heavy (non-hydrogen) atoms. The van der Waals surface area contributed by atoms with Crippen molar-refractivity contribution < 1.29 is 9.53 Å². The first-order valence-corrected chi connectivity index (χ1v) is 8.52. The maximum Gasteiger partial charge on any atom is 0.322 e. The lowest BCUT2D eigenvalue weighted by Gasteiger charge is -2.27. The zero-order valence-electron chi connectivity index (χ0n) is 13.2. The molecule has 1 saturated carbocycles. The van der Waals surface area contributed by atoms with Crippen molar-refractivity contribution in [3.8, 4) is 0 Å². The molecule has 1 saturated heterocycles. The van der Waals surface area contributed by atoms with Gasteiger partial charge < -0.3 is 10.1 Å². The van der Waals surface area contributed by atoms with Gasteiger partial charge in [0.1, 0.15) is 0 Å². The number of aryl methyl sites for hydroxylation is 1. The molecule has 2 amide bonds. The average molecular weight is 300 g/mol. The number of hydrogen-bond donors (Lipinski definition) is 1. The quantitative estimate of drug-likeness (QED) is 0.932. The summed E-state index contributed by atoms with van der Waals surface area (Å²) in [6.07, 6.45) is 5.22. The van der Waals surface area contributed by atoms with E-state index in [9.17, 15) is 4.79 Å². The largest absolute Gasteiger partial charge is 0.381 e. The second-order valence-electron chi connectivity index (χ2n) is 6.83.